The molecule has 0 unspecified atom stereocenters. The number of benzene rings is 1. The SMILES string of the molecule is Nc1nc(Cc2cccc(F)c2)[nH]c(=O)n1. The molecule has 82 valence electrons. The molecule has 0 bridgehead atoms. The fraction of sp³-hybridized carbons (Fsp3) is 0.100. The third kappa shape index (κ3) is 2.41. The molecule has 0 aliphatic carbocycles. The molecular formula is C10H9FN4O. The summed E-state index contributed by atoms with van der Waals surface area (Å²) in [7, 11) is 0. The molecule has 1 aromatic carbocycles. The molecule has 2 aromatic rings. The molecule has 3 N–H and O–H groups in total. The molecule has 2 rings (SSSR count). The Hall–Kier alpha value is -2.24. The standard InChI is InChI=1S/C10H9FN4O/c11-7-3-1-2-6(4-7)5-8-13-9(12)15-10(16)14-8/h1-4H,5H2,(H3,12,13,14,15,16). The van der Waals surface area contributed by atoms with Gasteiger partial charge in [-0.1, -0.05) is 12.1 Å². The van der Waals surface area contributed by atoms with E-state index in [1.807, 2.05) is 0 Å². The van der Waals surface area contributed by atoms with Crippen molar-refractivity contribution in [1.82, 2.24) is 15.0 Å². The lowest BCUT2D eigenvalue weighted by Crippen LogP contribution is -2.17. The number of hydrogen-bond acceptors (Lipinski definition) is 4. The summed E-state index contributed by atoms with van der Waals surface area (Å²) in [4.78, 5) is 20.7. The second-order valence-electron chi connectivity index (χ2n) is 3.27. The first-order chi connectivity index (χ1) is 7.63. The van der Waals surface area contributed by atoms with Gasteiger partial charge in [-0.15, -0.1) is 0 Å². The first-order valence-electron chi connectivity index (χ1n) is 4.60. The van der Waals surface area contributed by atoms with Crippen molar-refractivity contribution in [2.45, 2.75) is 6.42 Å². The molecule has 0 atom stereocenters. The number of anilines is 1. The van der Waals surface area contributed by atoms with E-state index in [1.165, 1.54) is 12.1 Å². The van der Waals surface area contributed by atoms with Crippen molar-refractivity contribution in [3.8, 4) is 0 Å². The maximum absolute atomic E-state index is 12.9. The van der Waals surface area contributed by atoms with Crippen LogP contribution in [0.15, 0.2) is 29.1 Å². The van der Waals surface area contributed by atoms with E-state index in [4.69, 9.17) is 5.73 Å². The van der Waals surface area contributed by atoms with Crippen LogP contribution in [0.4, 0.5) is 10.3 Å². The molecule has 16 heavy (non-hydrogen) atoms. The fourth-order valence-electron chi connectivity index (χ4n) is 1.37. The zero-order valence-corrected chi connectivity index (χ0v) is 8.27. The lowest BCUT2D eigenvalue weighted by Gasteiger charge is -2.01. The summed E-state index contributed by atoms with van der Waals surface area (Å²) in [6, 6.07) is 6.05. The number of hydrogen-bond donors (Lipinski definition) is 2. The van der Waals surface area contributed by atoms with Crippen LogP contribution in [0.1, 0.15) is 11.4 Å². The van der Waals surface area contributed by atoms with Crippen LogP contribution in [-0.2, 0) is 6.42 Å². The molecule has 6 heteroatoms. The second-order valence-corrected chi connectivity index (χ2v) is 3.27. The largest absolute Gasteiger partial charge is 0.368 e. The van der Waals surface area contributed by atoms with Gasteiger partial charge in [0, 0.05) is 6.42 Å². The highest BCUT2D eigenvalue weighted by molar-refractivity contribution is 5.21. The Morgan fingerprint density at radius 1 is 1.38 bits per heavy atom. The molecule has 0 aliphatic heterocycles. The van der Waals surface area contributed by atoms with E-state index in [-0.39, 0.29) is 11.8 Å². The average molecular weight is 220 g/mol. The van der Waals surface area contributed by atoms with Crippen LogP contribution in [0, 0.1) is 5.82 Å². The Balaban J connectivity index is 2.30. The van der Waals surface area contributed by atoms with Crippen LogP contribution < -0.4 is 11.4 Å². The summed E-state index contributed by atoms with van der Waals surface area (Å²) >= 11 is 0. The summed E-state index contributed by atoms with van der Waals surface area (Å²) in [6.45, 7) is 0. The van der Waals surface area contributed by atoms with Gasteiger partial charge in [0.25, 0.3) is 0 Å². The number of nitrogens with one attached hydrogen (secondary N) is 1. The van der Waals surface area contributed by atoms with Gasteiger partial charge in [0.2, 0.25) is 5.95 Å². The zero-order chi connectivity index (χ0) is 11.5. The van der Waals surface area contributed by atoms with Crippen molar-refractivity contribution in [2.75, 3.05) is 5.73 Å². The van der Waals surface area contributed by atoms with Crippen LogP contribution in [0.2, 0.25) is 0 Å². The van der Waals surface area contributed by atoms with E-state index < -0.39 is 5.69 Å². The van der Waals surface area contributed by atoms with Crippen LogP contribution in [-0.4, -0.2) is 15.0 Å². The molecule has 0 amide bonds. The summed E-state index contributed by atoms with van der Waals surface area (Å²) in [5.74, 6) is -0.0554. The third-order valence-corrected chi connectivity index (χ3v) is 1.98. The van der Waals surface area contributed by atoms with Gasteiger partial charge in [0.15, 0.2) is 0 Å². The molecular weight excluding hydrogens is 211 g/mol. The third-order valence-electron chi connectivity index (χ3n) is 1.98. The summed E-state index contributed by atoms with van der Waals surface area (Å²) < 4.78 is 12.9. The Morgan fingerprint density at radius 3 is 2.88 bits per heavy atom. The van der Waals surface area contributed by atoms with Gasteiger partial charge < -0.3 is 5.73 Å². The molecule has 0 saturated carbocycles. The second kappa shape index (κ2) is 4.09. The lowest BCUT2D eigenvalue weighted by atomic mass is 10.1. The highest BCUT2D eigenvalue weighted by atomic mass is 19.1. The highest BCUT2D eigenvalue weighted by Crippen LogP contribution is 2.07. The van der Waals surface area contributed by atoms with E-state index >= 15 is 0 Å². The van der Waals surface area contributed by atoms with Crippen LogP contribution in [0.5, 0.6) is 0 Å². The molecule has 0 aliphatic rings. The van der Waals surface area contributed by atoms with Gasteiger partial charge in [-0.2, -0.15) is 9.97 Å². The topological polar surface area (TPSA) is 84.7 Å². The molecule has 0 spiro atoms. The average Bonchev–Trinajstić information content (AvgIpc) is 2.15. The number of rotatable bonds is 2. The van der Waals surface area contributed by atoms with E-state index in [0.717, 1.165) is 0 Å². The Kier molecular flexibility index (Phi) is 2.63. The predicted molar refractivity (Wildman–Crippen MR) is 56.3 cm³/mol. The summed E-state index contributed by atoms with van der Waals surface area (Å²) in [6.07, 6.45) is 0.305. The smallest absolute Gasteiger partial charge is 0.349 e. The molecule has 1 aromatic heterocycles. The monoisotopic (exact) mass is 220 g/mol. The number of halogens is 1. The van der Waals surface area contributed by atoms with Crippen molar-refractivity contribution >= 4 is 5.95 Å². The number of aromatic nitrogens is 3. The van der Waals surface area contributed by atoms with Crippen LogP contribution in [0.25, 0.3) is 0 Å². The molecule has 0 radical (unpaired) electrons. The quantitative estimate of drug-likeness (QED) is 0.770. The Labute approximate surface area is 90.2 Å². The number of H-pyrrole nitrogens is 1. The highest BCUT2D eigenvalue weighted by Gasteiger charge is 2.02. The van der Waals surface area contributed by atoms with E-state index in [2.05, 4.69) is 15.0 Å². The molecule has 1 heterocycles. The minimum atomic E-state index is -0.557. The van der Waals surface area contributed by atoms with E-state index in [1.54, 1.807) is 12.1 Å². The van der Waals surface area contributed by atoms with Crippen molar-refractivity contribution < 1.29 is 4.39 Å². The van der Waals surface area contributed by atoms with Gasteiger partial charge in [-0.3, -0.25) is 4.98 Å². The normalized spacial score (nSPS) is 10.3. The summed E-state index contributed by atoms with van der Waals surface area (Å²) in [5.41, 5.74) is 5.47. The lowest BCUT2D eigenvalue weighted by molar-refractivity contribution is 0.625. The number of nitrogens with two attached hydrogens (primary N) is 1. The number of nitrogen functional groups attached to an aromatic ring is 1. The maximum atomic E-state index is 12.9. The summed E-state index contributed by atoms with van der Waals surface area (Å²) in [5, 5.41) is 0. The maximum Gasteiger partial charge on any atom is 0.349 e. The number of aromatic amines is 1. The van der Waals surface area contributed by atoms with Gasteiger partial charge >= 0.3 is 5.69 Å². The van der Waals surface area contributed by atoms with Crippen LogP contribution >= 0.6 is 0 Å². The molecule has 0 fully saturated rings. The molecule has 0 saturated heterocycles. The number of nitrogens with zero attached hydrogens (tertiary/aromatic N) is 2. The minimum absolute atomic E-state index is 0.0878. The van der Waals surface area contributed by atoms with Crippen LogP contribution in [0.3, 0.4) is 0 Å². The van der Waals surface area contributed by atoms with E-state index in [0.29, 0.717) is 17.8 Å². The predicted octanol–water partition coefficient (Wildman–Crippen LogP) is 0.477. The van der Waals surface area contributed by atoms with E-state index in [9.17, 15) is 9.18 Å². The molecule has 5 nitrogen and oxygen atoms in total. The first kappa shape index (κ1) is 10.3. The Bertz CT molecular complexity index is 567. The zero-order valence-electron chi connectivity index (χ0n) is 8.27. The van der Waals surface area contributed by atoms with Crippen molar-refractivity contribution in [3.05, 3.63) is 52.0 Å². The van der Waals surface area contributed by atoms with Gasteiger partial charge in [-0.25, -0.2) is 9.18 Å². The van der Waals surface area contributed by atoms with Gasteiger partial charge in [-0.05, 0) is 17.7 Å². The minimum Gasteiger partial charge on any atom is -0.368 e. The van der Waals surface area contributed by atoms with Crippen molar-refractivity contribution in [1.29, 1.82) is 0 Å². The fourth-order valence-corrected chi connectivity index (χ4v) is 1.37. The first-order valence-corrected chi connectivity index (χ1v) is 4.60. The Morgan fingerprint density at radius 2 is 2.19 bits per heavy atom. The van der Waals surface area contributed by atoms with Crippen molar-refractivity contribution in [2.24, 2.45) is 0 Å². The van der Waals surface area contributed by atoms with Gasteiger partial charge in [0.05, 0.1) is 0 Å². The van der Waals surface area contributed by atoms with Crippen molar-refractivity contribution in [3.63, 3.8) is 0 Å². The van der Waals surface area contributed by atoms with Gasteiger partial charge in [0.1, 0.15) is 11.6 Å².